The van der Waals surface area contributed by atoms with E-state index < -0.39 is 11.6 Å². The van der Waals surface area contributed by atoms with Crippen LogP contribution in [-0.4, -0.2) is 24.8 Å². The third kappa shape index (κ3) is 3.98. The van der Waals surface area contributed by atoms with Crippen molar-refractivity contribution >= 4 is 0 Å². The number of hydrogen-bond acceptors (Lipinski definition) is 2. The highest BCUT2D eigenvalue weighted by molar-refractivity contribution is 5.20. The zero-order valence-corrected chi connectivity index (χ0v) is 11.5. The molecule has 3 atom stereocenters. The highest BCUT2D eigenvalue weighted by atomic mass is 19.1. The molecule has 1 saturated heterocycles. The Morgan fingerprint density at radius 1 is 1.32 bits per heavy atom. The number of nitrogens with one attached hydrogen (secondary N) is 1. The summed E-state index contributed by atoms with van der Waals surface area (Å²) in [5.74, 6) is -0.946. The molecule has 1 aromatic rings. The largest absolute Gasteiger partial charge is 0.374 e. The second-order valence-electron chi connectivity index (χ2n) is 5.36. The third-order valence-corrected chi connectivity index (χ3v) is 3.59. The van der Waals surface area contributed by atoms with Crippen LogP contribution in [0.5, 0.6) is 0 Å². The summed E-state index contributed by atoms with van der Waals surface area (Å²) >= 11 is 0. The Kier molecular flexibility index (Phi) is 4.88. The van der Waals surface area contributed by atoms with Gasteiger partial charge < -0.3 is 10.1 Å². The van der Waals surface area contributed by atoms with Gasteiger partial charge in [0.05, 0.1) is 12.2 Å². The topological polar surface area (TPSA) is 21.3 Å². The molecule has 0 radical (unpaired) electrons. The summed E-state index contributed by atoms with van der Waals surface area (Å²) in [4.78, 5) is 0. The van der Waals surface area contributed by atoms with E-state index in [0.717, 1.165) is 19.4 Å². The second-order valence-corrected chi connectivity index (χ2v) is 5.36. The average molecular weight is 269 g/mol. The summed E-state index contributed by atoms with van der Waals surface area (Å²) in [6.07, 6.45) is 3.03. The minimum absolute atomic E-state index is 0.0194. The predicted molar refractivity (Wildman–Crippen MR) is 71.1 cm³/mol. The summed E-state index contributed by atoms with van der Waals surface area (Å²) in [7, 11) is 0. The molecule has 0 spiro atoms. The molecule has 1 aliphatic heterocycles. The first-order chi connectivity index (χ1) is 9.06. The van der Waals surface area contributed by atoms with Crippen LogP contribution in [-0.2, 0) is 11.2 Å². The lowest BCUT2D eigenvalue weighted by Crippen LogP contribution is -2.35. The van der Waals surface area contributed by atoms with Crippen molar-refractivity contribution in [1.29, 1.82) is 0 Å². The van der Waals surface area contributed by atoms with E-state index in [1.54, 1.807) is 0 Å². The highest BCUT2D eigenvalue weighted by Gasteiger charge is 2.22. The Morgan fingerprint density at radius 2 is 2.00 bits per heavy atom. The van der Waals surface area contributed by atoms with E-state index in [1.807, 2.05) is 6.92 Å². The van der Waals surface area contributed by atoms with E-state index in [1.165, 1.54) is 18.2 Å². The van der Waals surface area contributed by atoms with E-state index in [9.17, 15) is 8.78 Å². The SMILES string of the molecule is CC(Cc1c(F)cccc1F)NCC1CCC(C)O1. The Morgan fingerprint density at radius 3 is 2.58 bits per heavy atom. The molecule has 0 aliphatic carbocycles. The van der Waals surface area contributed by atoms with Crippen LogP contribution in [0, 0.1) is 11.6 Å². The van der Waals surface area contributed by atoms with Crippen molar-refractivity contribution in [2.75, 3.05) is 6.54 Å². The van der Waals surface area contributed by atoms with Crippen molar-refractivity contribution in [3.8, 4) is 0 Å². The van der Waals surface area contributed by atoms with Crippen LogP contribution in [0.1, 0.15) is 32.3 Å². The minimum Gasteiger partial charge on any atom is -0.374 e. The van der Waals surface area contributed by atoms with E-state index in [-0.39, 0.29) is 17.7 Å². The average Bonchev–Trinajstić information content (AvgIpc) is 2.77. The van der Waals surface area contributed by atoms with E-state index >= 15 is 0 Å². The molecule has 19 heavy (non-hydrogen) atoms. The number of hydrogen-bond donors (Lipinski definition) is 1. The van der Waals surface area contributed by atoms with Crippen molar-refractivity contribution in [2.45, 2.75) is 51.4 Å². The Hall–Kier alpha value is -1.00. The van der Waals surface area contributed by atoms with Gasteiger partial charge in [-0.05, 0) is 45.2 Å². The van der Waals surface area contributed by atoms with Crippen molar-refractivity contribution in [3.05, 3.63) is 35.4 Å². The van der Waals surface area contributed by atoms with Gasteiger partial charge in [0.25, 0.3) is 0 Å². The lowest BCUT2D eigenvalue weighted by atomic mass is 10.1. The van der Waals surface area contributed by atoms with E-state index in [4.69, 9.17) is 4.74 Å². The first kappa shape index (κ1) is 14.4. The zero-order valence-electron chi connectivity index (χ0n) is 11.5. The second kappa shape index (κ2) is 6.44. The van der Waals surface area contributed by atoms with E-state index in [2.05, 4.69) is 12.2 Å². The van der Waals surface area contributed by atoms with Crippen LogP contribution < -0.4 is 5.32 Å². The normalized spacial score (nSPS) is 24.6. The molecule has 1 aromatic carbocycles. The predicted octanol–water partition coefficient (Wildman–Crippen LogP) is 3.05. The standard InChI is InChI=1S/C15H21F2NO/c1-10(18-9-12-7-6-11(2)19-12)8-13-14(16)4-3-5-15(13)17/h3-5,10-12,18H,6-9H2,1-2H3. The fourth-order valence-corrected chi connectivity index (χ4v) is 2.47. The molecule has 3 unspecified atom stereocenters. The van der Waals surface area contributed by atoms with Crippen LogP contribution in [0.25, 0.3) is 0 Å². The molecule has 0 aromatic heterocycles. The quantitative estimate of drug-likeness (QED) is 0.887. The fraction of sp³-hybridized carbons (Fsp3) is 0.600. The van der Waals surface area contributed by atoms with Crippen molar-refractivity contribution in [3.63, 3.8) is 0 Å². The molecule has 1 fully saturated rings. The third-order valence-electron chi connectivity index (χ3n) is 3.59. The lowest BCUT2D eigenvalue weighted by Gasteiger charge is -2.18. The van der Waals surface area contributed by atoms with Crippen molar-refractivity contribution in [1.82, 2.24) is 5.32 Å². The molecule has 0 amide bonds. The molecule has 0 bridgehead atoms. The van der Waals surface area contributed by atoms with Crippen LogP contribution in [0.4, 0.5) is 8.78 Å². The van der Waals surface area contributed by atoms with Crippen molar-refractivity contribution in [2.24, 2.45) is 0 Å². The molecule has 2 rings (SSSR count). The smallest absolute Gasteiger partial charge is 0.129 e. The summed E-state index contributed by atoms with van der Waals surface area (Å²) in [6, 6.07) is 4.01. The minimum atomic E-state index is -0.473. The summed E-state index contributed by atoms with van der Waals surface area (Å²) in [5.41, 5.74) is 0.156. The van der Waals surface area contributed by atoms with Gasteiger partial charge in [-0.3, -0.25) is 0 Å². The Balaban J connectivity index is 1.82. The number of ether oxygens (including phenoxy) is 1. The summed E-state index contributed by atoms with van der Waals surface area (Å²) < 4.78 is 32.7. The Bertz CT molecular complexity index is 404. The van der Waals surface area contributed by atoms with Gasteiger partial charge in [0.2, 0.25) is 0 Å². The number of halogens is 2. The molecule has 2 nitrogen and oxygen atoms in total. The lowest BCUT2D eigenvalue weighted by molar-refractivity contribution is 0.0546. The Labute approximate surface area is 113 Å². The summed E-state index contributed by atoms with van der Waals surface area (Å²) in [5, 5.41) is 3.29. The van der Waals surface area contributed by atoms with Gasteiger partial charge in [0.1, 0.15) is 11.6 Å². The van der Waals surface area contributed by atoms with Gasteiger partial charge in [-0.2, -0.15) is 0 Å². The van der Waals surface area contributed by atoms with E-state index in [0.29, 0.717) is 12.5 Å². The summed E-state index contributed by atoms with van der Waals surface area (Å²) in [6.45, 7) is 4.74. The molecular formula is C15H21F2NO. The maximum absolute atomic E-state index is 13.5. The van der Waals surface area contributed by atoms with Crippen LogP contribution in [0.2, 0.25) is 0 Å². The molecule has 1 heterocycles. The van der Waals surface area contributed by atoms with Gasteiger partial charge in [-0.15, -0.1) is 0 Å². The maximum atomic E-state index is 13.5. The van der Waals surface area contributed by atoms with Gasteiger partial charge in [-0.25, -0.2) is 8.78 Å². The first-order valence-electron chi connectivity index (χ1n) is 6.88. The number of rotatable bonds is 5. The molecule has 0 saturated carbocycles. The zero-order chi connectivity index (χ0) is 13.8. The van der Waals surface area contributed by atoms with Crippen LogP contribution >= 0.6 is 0 Å². The first-order valence-corrected chi connectivity index (χ1v) is 6.88. The molecule has 1 aliphatic rings. The van der Waals surface area contributed by atoms with Gasteiger partial charge in [0, 0.05) is 18.2 Å². The molecular weight excluding hydrogens is 248 g/mol. The van der Waals surface area contributed by atoms with Gasteiger partial charge in [0.15, 0.2) is 0 Å². The van der Waals surface area contributed by atoms with Gasteiger partial charge >= 0.3 is 0 Å². The van der Waals surface area contributed by atoms with Gasteiger partial charge in [-0.1, -0.05) is 6.07 Å². The molecule has 1 N–H and O–H groups in total. The van der Waals surface area contributed by atoms with Crippen LogP contribution in [0.15, 0.2) is 18.2 Å². The number of benzene rings is 1. The monoisotopic (exact) mass is 269 g/mol. The highest BCUT2D eigenvalue weighted by Crippen LogP contribution is 2.19. The van der Waals surface area contributed by atoms with Crippen LogP contribution in [0.3, 0.4) is 0 Å². The maximum Gasteiger partial charge on any atom is 0.129 e. The fourth-order valence-electron chi connectivity index (χ4n) is 2.47. The van der Waals surface area contributed by atoms with Crippen molar-refractivity contribution < 1.29 is 13.5 Å². The molecule has 4 heteroatoms. The molecule has 106 valence electrons.